The highest BCUT2D eigenvalue weighted by molar-refractivity contribution is 5.80. The maximum Gasteiger partial charge on any atom is 0.240 e. The molecule has 1 amide bonds. The number of allylic oxidation sites excluding steroid dienone is 1. The van der Waals surface area contributed by atoms with Crippen LogP contribution >= 0.6 is 0 Å². The number of amides is 1. The highest BCUT2D eigenvalue weighted by Crippen LogP contribution is 2.39. The van der Waals surface area contributed by atoms with Crippen molar-refractivity contribution in [2.75, 3.05) is 26.7 Å². The van der Waals surface area contributed by atoms with Gasteiger partial charge in [0.1, 0.15) is 0 Å². The predicted molar refractivity (Wildman–Crippen MR) is 85.4 cm³/mol. The van der Waals surface area contributed by atoms with Crippen molar-refractivity contribution < 1.29 is 4.79 Å². The highest BCUT2D eigenvalue weighted by atomic mass is 16.2. The van der Waals surface area contributed by atoms with Crippen LogP contribution in [0.4, 0.5) is 0 Å². The average molecular weight is 280 g/mol. The van der Waals surface area contributed by atoms with Crippen LogP contribution in [-0.2, 0) is 4.79 Å². The number of hydrogen-bond donors (Lipinski definition) is 0. The van der Waals surface area contributed by atoms with Crippen LogP contribution in [-0.4, -0.2) is 42.4 Å². The molecule has 0 saturated carbocycles. The molecule has 20 heavy (non-hydrogen) atoms. The topological polar surface area (TPSA) is 23.6 Å². The van der Waals surface area contributed by atoms with E-state index in [0.29, 0.717) is 6.54 Å². The summed E-state index contributed by atoms with van der Waals surface area (Å²) in [4.78, 5) is 16.7. The molecule has 1 aliphatic heterocycles. The van der Waals surface area contributed by atoms with Crippen molar-refractivity contribution in [3.05, 3.63) is 11.3 Å². The van der Waals surface area contributed by atoms with Crippen LogP contribution in [0.3, 0.4) is 0 Å². The zero-order chi connectivity index (χ0) is 15.7. The van der Waals surface area contributed by atoms with Gasteiger partial charge in [0, 0.05) is 24.7 Å². The van der Waals surface area contributed by atoms with Crippen LogP contribution in [0.15, 0.2) is 11.3 Å². The molecule has 0 atom stereocenters. The van der Waals surface area contributed by atoms with E-state index in [2.05, 4.69) is 53.4 Å². The van der Waals surface area contributed by atoms with Gasteiger partial charge in [0.05, 0.1) is 6.54 Å². The summed E-state index contributed by atoms with van der Waals surface area (Å²) >= 11 is 0. The van der Waals surface area contributed by atoms with E-state index in [1.165, 1.54) is 11.3 Å². The Kier molecular flexibility index (Phi) is 5.07. The SMILES string of the molecule is CCCN1CC(=O)N(C)C(C(C)(C)C)=C(C(C)(C)C)C1. The van der Waals surface area contributed by atoms with Crippen molar-refractivity contribution in [2.24, 2.45) is 10.8 Å². The van der Waals surface area contributed by atoms with Crippen molar-refractivity contribution in [2.45, 2.75) is 54.9 Å². The fraction of sp³-hybridized carbons (Fsp3) is 0.824. The first-order valence-electron chi connectivity index (χ1n) is 7.71. The van der Waals surface area contributed by atoms with E-state index < -0.39 is 0 Å². The normalized spacial score (nSPS) is 19.6. The van der Waals surface area contributed by atoms with Crippen molar-refractivity contribution in [1.82, 2.24) is 9.80 Å². The van der Waals surface area contributed by atoms with Gasteiger partial charge >= 0.3 is 0 Å². The Bertz CT molecular complexity index is 396. The molecule has 0 aromatic rings. The molecular weight excluding hydrogens is 248 g/mol. The molecule has 1 heterocycles. The number of carbonyl (C=O) groups is 1. The smallest absolute Gasteiger partial charge is 0.240 e. The second kappa shape index (κ2) is 5.88. The zero-order valence-corrected chi connectivity index (χ0v) is 14.6. The molecule has 1 aliphatic rings. The largest absolute Gasteiger partial charge is 0.318 e. The molecular formula is C17H32N2O. The fourth-order valence-corrected chi connectivity index (χ4v) is 3.00. The average Bonchev–Trinajstić information content (AvgIpc) is 2.36. The summed E-state index contributed by atoms with van der Waals surface area (Å²) in [7, 11) is 1.93. The van der Waals surface area contributed by atoms with Crippen molar-refractivity contribution >= 4 is 5.91 Å². The van der Waals surface area contributed by atoms with Crippen LogP contribution in [0.5, 0.6) is 0 Å². The molecule has 0 aromatic carbocycles. The molecule has 0 N–H and O–H groups in total. The van der Waals surface area contributed by atoms with Crippen molar-refractivity contribution in [1.29, 1.82) is 0 Å². The summed E-state index contributed by atoms with van der Waals surface area (Å²) in [6.07, 6.45) is 1.08. The van der Waals surface area contributed by atoms with Crippen molar-refractivity contribution in [3.63, 3.8) is 0 Å². The van der Waals surface area contributed by atoms with Crippen LogP contribution in [0.25, 0.3) is 0 Å². The van der Waals surface area contributed by atoms with Gasteiger partial charge in [-0.15, -0.1) is 0 Å². The quantitative estimate of drug-likeness (QED) is 0.772. The molecule has 0 spiro atoms. The van der Waals surface area contributed by atoms with Gasteiger partial charge in [0.15, 0.2) is 0 Å². The van der Waals surface area contributed by atoms with Gasteiger partial charge in [0.2, 0.25) is 5.91 Å². The molecule has 0 aliphatic carbocycles. The number of likely N-dealkylation sites (N-methyl/N-ethyl adjacent to an activating group) is 1. The predicted octanol–water partition coefficient (Wildman–Crippen LogP) is 3.52. The number of hydrogen-bond acceptors (Lipinski definition) is 2. The van der Waals surface area contributed by atoms with Gasteiger partial charge in [-0.3, -0.25) is 9.69 Å². The summed E-state index contributed by atoms with van der Waals surface area (Å²) in [5.41, 5.74) is 2.66. The van der Waals surface area contributed by atoms with Gasteiger partial charge in [-0.2, -0.15) is 0 Å². The Morgan fingerprint density at radius 3 is 1.95 bits per heavy atom. The van der Waals surface area contributed by atoms with E-state index in [-0.39, 0.29) is 16.7 Å². The van der Waals surface area contributed by atoms with Gasteiger partial charge in [-0.1, -0.05) is 48.5 Å². The fourth-order valence-electron chi connectivity index (χ4n) is 3.00. The summed E-state index contributed by atoms with van der Waals surface area (Å²) in [5.74, 6) is 0.211. The molecule has 0 saturated heterocycles. The molecule has 3 nitrogen and oxygen atoms in total. The molecule has 0 aromatic heterocycles. The van der Waals surface area contributed by atoms with Crippen LogP contribution in [0.1, 0.15) is 54.9 Å². The standard InChI is InChI=1S/C17H32N2O/c1-9-10-19-11-13(16(2,3)4)15(17(5,6)7)18(8)14(20)12-19/h9-12H2,1-8H3. The lowest BCUT2D eigenvalue weighted by Gasteiger charge is -2.36. The van der Waals surface area contributed by atoms with E-state index in [9.17, 15) is 4.79 Å². The molecule has 1 rings (SSSR count). The molecule has 0 unspecified atom stereocenters. The third-order valence-corrected chi connectivity index (χ3v) is 3.89. The summed E-state index contributed by atoms with van der Waals surface area (Å²) in [6.45, 7) is 17.9. The minimum Gasteiger partial charge on any atom is -0.318 e. The van der Waals surface area contributed by atoms with E-state index in [0.717, 1.165) is 19.5 Å². The van der Waals surface area contributed by atoms with Gasteiger partial charge in [-0.25, -0.2) is 0 Å². The zero-order valence-electron chi connectivity index (χ0n) is 14.6. The van der Waals surface area contributed by atoms with Gasteiger partial charge < -0.3 is 4.90 Å². The maximum atomic E-state index is 12.5. The lowest BCUT2D eigenvalue weighted by molar-refractivity contribution is -0.129. The Balaban J connectivity index is 3.39. The molecule has 0 radical (unpaired) electrons. The number of carbonyl (C=O) groups excluding carboxylic acids is 1. The third-order valence-electron chi connectivity index (χ3n) is 3.89. The van der Waals surface area contributed by atoms with E-state index in [1.54, 1.807) is 0 Å². The minimum absolute atomic E-state index is 0.0186. The van der Waals surface area contributed by atoms with E-state index >= 15 is 0 Å². The summed E-state index contributed by atoms with van der Waals surface area (Å²) in [5, 5.41) is 0. The monoisotopic (exact) mass is 280 g/mol. The summed E-state index contributed by atoms with van der Waals surface area (Å²) < 4.78 is 0. The molecule has 0 bridgehead atoms. The second-order valence-corrected chi connectivity index (χ2v) is 7.99. The molecule has 3 heteroatoms. The number of rotatable bonds is 2. The van der Waals surface area contributed by atoms with Crippen LogP contribution < -0.4 is 0 Å². The first-order chi connectivity index (χ1) is 8.98. The van der Waals surface area contributed by atoms with Gasteiger partial charge in [0.25, 0.3) is 0 Å². The lowest BCUT2D eigenvalue weighted by atomic mass is 9.78. The highest BCUT2D eigenvalue weighted by Gasteiger charge is 2.36. The molecule has 0 fully saturated rings. The van der Waals surface area contributed by atoms with Crippen LogP contribution in [0, 0.1) is 10.8 Å². The minimum atomic E-state index is -0.0186. The van der Waals surface area contributed by atoms with E-state index in [1.807, 2.05) is 11.9 Å². The third kappa shape index (κ3) is 3.85. The van der Waals surface area contributed by atoms with Crippen molar-refractivity contribution in [3.8, 4) is 0 Å². The Hall–Kier alpha value is -0.830. The number of nitrogens with zero attached hydrogens (tertiary/aromatic N) is 2. The Morgan fingerprint density at radius 1 is 1.00 bits per heavy atom. The first kappa shape index (κ1) is 17.2. The van der Waals surface area contributed by atoms with Gasteiger partial charge in [-0.05, 0) is 24.0 Å². The molecule has 116 valence electrons. The van der Waals surface area contributed by atoms with E-state index in [4.69, 9.17) is 0 Å². The summed E-state index contributed by atoms with van der Waals surface area (Å²) in [6, 6.07) is 0. The Morgan fingerprint density at radius 2 is 1.55 bits per heavy atom. The Labute approximate surface area is 125 Å². The first-order valence-corrected chi connectivity index (χ1v) is 7.71. The van der Waals surface area contributed by atoms with Crippen LogP contribution in [0.2, 0.25) is 0 Å². The maximum absolute atomic E-state index is 12.5. The lowest BCUT2D eigenvalue weighted by Crippen LogP contribution is -2.37. The second-order valence-electron chi connectivity index (χ2n) is 7.99.